The van der Waals surface area contributed by atoms with Crippen molar-refractivity contribution in [2.75, 3.05) is 0 Å². The van der Waals surface area contributed by atoms with Crippen molar-refractivity contribution in [3.05, 3.63) is 47.0 Å². The van der Waals surface area contributed by atoms with Crippen LogP contribution in [0.5, 0.6) is 11.5 Å². The van der Waals surface area contributed by atoms with Gasteiger partial charge in [-0.15, -0.1) is 0 Å². The third-order valence-electron chi connectivity index (χ3n) is 4.38. The van der Waals surface area contributed by atoms with Crippen LogP contribution in [0.3, 0.4) is 0 Å². The van der Waals surface area contributed by atoms with Gasteiger partial charge in [-0.2, -0.15) is 0 Å². The summed E-state index contributed by atoms with van der Waals surface area (Å²) in [5.41, 5.74) is 3.65. The fourth-order valence-electron chi connectivity index (χ4n) is 3.30. The van der Waals surface area contributed by atoms with Crippen LogP contribution in [0.4, 0.5) is 0 Å². The van der Waals surface area contributed by atoms with Crippen molar-refractivity contribution in [3.8, 4) is 11.5 Å². The molecule has 0 saturated heterocycles. The fourth-order valence-corrected chi connectivity index (χ4v) is 3.30. The van der Waals surface area contributed by atoms with E-state index < -0.39 is 5.92 Å². The molecule has 0 saturated carbocycles. The van der Waals surface area contributed by atoms with Crippen LogP contribution in [0.15, 0.2) is 24.5 Å². The number of rotatable bonds is 3. The number of aromatic nitrogens is 2. The Morgan fingerprint density at radius 1 is 1.00 bits per heavy atom. The Labute approximate surface area is 134 Å². The number of pyridine rings is 2. The summed E-state index contributed by atoms with van der Waals surface area (Å²) >= 11 is 0. The van der Waals surface area contributed by atoms with E-state index in [1.165, 1.54) is 0 Å². The number of nitrogens with zero attached hydrogens (tertiary/aromatic N) is 2. The van der Waals surface area contributed by atoms with Crippen LogP contribution in [0.2, 0.25) is 0 Å². The van der Waals surface area contributed by atoms with Gasteiger partial charge in [-0.25, -0.2) is 0 Å². The second kappa shape index (κ2) is 5.33. The molecule has 0 N–H and O–H groups in total. The van der Waals surface area contributed by atoms with Crippen molar-refractivity contribution >= 4 is 6.29 Å². The highest BCUT2D eigenvalue weighted by Crippen LogP contribution is 2.33. The van der Waals surface area contributed by atoms with Gasteiger partial charge >= 0.3 is 0 Å². The van der Waals surface area contributed by atoms with Gasteiger partial charge in [-0.1, -0.05) is 0 Å². The van der Waals surface area contributed by atoms with E-state index in [9.17, 15) is 4.79 Å². The highest BCUT2D eigenvalue weighted by Gasteiger charge is 2.26. The Hall–Kier alpha value is -2.43. The zero-order valence-electron chi connectivity index (χ0n) is 13.2. The first-order valence-corrected chi connectivity index (χ1v) is 7.90. The van der Waals surface area contributed by atoms with Crippen LogP contribution in [-0.4, -0.2) is 28.5 Å². The van der Waals surface area contributed by atoms with Crippen LogP contribution in [-0.2, 0) is 17.6 Å². The molecule has 118 valence electrons. The molecule has 2 aromatic heterocycles. The van der Waals surface area contributed by atoms with E-state index in [0.29, 0.717) is 0 Å². The smallest absolute Gasteiger partial charge is 0.141 e. The summed E-state index contributed by atoms with van der Waals surface area (Å²) in [7, 11) is 0. The molecule has 5 heteroatoms. The van der Waals surface area contributed by atoms with Crippen LogP contribution in [0.25, 0.3) is 0 Å². The van der Waals surface area contributed by atoms with Crippen LogP contribution in [0, 0.1) is 0 Å². The van der Waals surface area contributed by atoms with E-state index in [-0.39, 0.29) is 12.2 Å². The van der Waals surface area contributed by atoms with Crippen molar-refractivity contribution in [3.63, 3.8) is 0 Å². The van der Waals surface area contributed by atoms with E-state index in [4.69, 9.17) is 9.47 Å². The summed E-state index contributed by atoms with van der Waals surface area (Å²) in [6.07, 6.45) is 6.34. The molecule has 2 aliphatic heterocycles. The zero-order chi connectivity index (χ0) is 16.0. The zero-order valence-corrected chi connectivity index (χ0v) is 13.2. The molecule has 4 rings (SSSR count). The molecular formula is C18H18N2O3. The van der Waals surface area contributed by atoms with Crippen molar-refractivity contribution in [1.29, 1.82) is 0 Å². The SMILES string of the molecule is CC1Cc2cc(C(C=O)c3cc4c(cn3)OC(C)C4)ncc2O1. The van der Waals surface area contributed by atoms with E-state index in [1.807, 2.05) is 26.0 Å². The average Bonchev–Trinajstić information content (AvgIpc) is 3.07. The number of carbonyl (C=O) groups excluding carboxylic acids is 1. The lowest BCUT2D eigenvalue weighted by Crippen LogP contribution is -2.08. The maximum atomic E-state index is 11.7. The van der Waals surface area contributed by atoms with Gasteiger partial charge in [0.25, 0.3) is 0 Å². The largest absolute Gasteiger partial charge is 0.488 e. The molecule has 0 bridgehead atoms. The molecule has 2 atom stereocenters. The predicted octanol–water partition coefficient (Wildman–Crippen LogP) is 2.45. The summed E-state index contributed by atoms with van der Waals surface area (Å²) in [6, 6.07) is 3.93. The second-order valence-corrected chi connectivity index (χ2v) is 6.31. The summed E-state index contributed by atoms with van der Waals surface area (Å²) in [4.78, 5) is 20.5. The number of hydrogen-bond donors (Lipinski definition) is 0. The number of hydrogen-bond acceptors (Lipinski definition) is 5. The molecule has 0 fully saturated rings. The second-order valence-electron chi connectivity index (χ2n) is 6.31. The summed E-state index contributed by atoms with van der Waals surface area (Å²) in [6.45, 7) is 4.06. The molecule has 2 unspecified atom stereocenters. The molecule has 5 nitrogen and oxygen atoms in total. The molecular weight excluding hydrogens is 292 g/mol. The molecule has 4 heterocycles. The van der Waals surface area contributed by atoms with Gasteiger partial charge in [-0.3, -0.25) is 9.97 Å². The maximum Gasteiger partial charge on any atom is 0.141 e. The molecule has 2 aromatic rings. The Balaban J connectivity index is 1.69. The Morgan fingerprint density at radius 3 is 1.91 bits per heavy atom. The molecule has 2 aliphatic rings. The molecule has 23 heavy (non-hydrogen) atoms. The quantitative estimate of drug-likeness (QED) is 0.815. The first-order chi connectivity index (χ1) is 11.1. The topological polar surface area (TPSA) is 61.3 Å². The molecule has 0 spiro atoms. The molecule has 0 amide bonds. The van der Waals surface area contributed by atoms with Crippen LogP contribution < -0.4 is 9.47 Å². The van der Waals surface area contributed by atoms with Gasteiger partial charge in [-0.05, 0) is 26.0 Å². The highest BCUT2D eigenvalue weighted by molar-refractivity contribution is 5.67. The highest BCUT2D eigenvalue weighted by atomic mass is 16.5. The Bertz CT molecular complexity index is 713. The lowest BCUT2D eigenvalue weighted by molar-refractivity contribution is -0.108. The summed E-state index contributed by atoms with van der Waals surface area (Å²) < 4.78 is 11.3. The fraction of sp³-hybridized carbons (Fsp3) is 0.389. The summed E-state index contributed by atoms with van der Waals surface area (Å²) in [5.74, 6) is 1.17. The van der Waals surface area contributed by atoms with Gasteiger partial charge in [0.1, 0.15) is 30.0 Å². The monoisotopic (exact) mass is 310 g/mol. The standard InChI is InChI=1S/C18H18N2O3/c1-10-3-12-5-15(19-7-17(12)22-10)14(9-21)16-6-13-4-11(2)23-18(13)8-20-16/h5-11,14H,3-4H2,1-2H3. The van der Waals surface area contributed by atoms with Crippen molar-refractivity contribution < 1.29 is 14.3 Å². The van der Waals surface area contributed by atoms with Gasteiger partial charge in [0.2, 0.25) is 0 Å². The number of fused-ring (bicyclic) bond motifs is 2. The van der Waals surface area contributed by atoms with Crippen molar-refractivity contribution in [2.45, 2.75) is 44.8 Å². The predicted molar refractivity (Wildman–Crippen MR) is 84.0 cm³/mol. The van der Waals surface area contributed by atoms with Crippen LogP contribution in [0.1, 0.15) is 42.3 Å². The first-order valence-electron chi connectivity index (χ1n) is 7.90. The summed E-state index contributed by atoms with van der Waals surface area (Å²) in [5, 5.41) is 0. The number of ether oxygens (including phenoxy) is 2. The van der Waals surface area contributed by atoms with Crippen molar-refractivity contribution in [1.82, 2.24) is 9.97 Å². The Kier molecular flexibility index (Phi) is 3.29. The maximum absolute atomic E-state index is 11.7. The Morgan fingerprint density at radius 2 is 1.48 bits per heavy atom. The lowest BCUT2D eigenvalue weighted by atomic mass is 9.97. The van der Waals surface area contributed by atoms with E-state index in [0.717, 1.165) is 53.1 Å². The molecule has 0 aliphatic carbocycles. The third-order valence-corrected chi connectivity index (χ3v) is 4.38. The van der Waals surface area contributed by atoms with Gasteiger partial charge < -0.3 is 14.3 Å². The van der Waals surface area contributed by atoms with Crippen molar-refractivity contribution in [2.24, 2.45) is 0 Å². The minimum Gasteiger partial charge on any atom is -0.488 e. The number of aldehydes is 1. The average molecular weight is 310 g/mol. The minimum absolute atomic E-state index is 0.161. The van der Waals surface area contributed by atoms with Gasteiger partial charge in [0.05, 0.1) is 29.7 Å². The van der Waals surface area contributed by atoms with Gasteiger partial charge in [0, 0.05) is 24.0 Å². The van der Waals surface area contributed by atoms with E-state index in [2.05, 4.69) is 9.97 Å². The van der Waals surface area contributed by atoms with E-state index in [1.54, 1.807) is 12.4 Å². The first kappa shape index (κ1) is 14.2. The number of carbonyl (C=O) groups is 1. The van der Waals surface area contributed by atoms with E-state index >= 15 is 0 Å². The van der Waals surface area contributed by atoms with Gasteiger partial charge in [0.15, 0.2) is 0 Å². The molecule has 0 aromatic carbocycles. The minimum atomic E-state index is -0.461. The van der Waals surface area contributed by atoms with Crippen LogP contribution >= 0.6 is 0 Å². The lowest BCUT2D eigenvalue weighted by Gasteiger charge is -2.11. The normalized spacial score (nSPS) is 22.7. The third kappa shape index (κ3) is 2.46. The molecule has 0 radical (unpaired) electrons.